The number of hydrogen-bond acceptors (Lipinski definition) is 2. The standard InChI is InChI=1S/C22H27NO/c1-4-21(2)12-19-18-9-8-15-14(13-23)6-5-7-16(15)17(18)10-11-22(19,3)20(21)24/h5-7,17-19H,4,8-12H2,1-3H3/t17?,18?,19?,21-,22+/m1/s1. The van der Waals surface area contributed by atoms with Crippen LogP contribution in [0.5, 0.6) is 0 Å². The second-order valence-corrected chi connectivity index (χ2v) is 8.80. The normalized spacial score (nSPS) is 40.4. The van der Waals surface area contributed by atoms with Gasteiger partial charge >= 0.3 is 0 Å². The van der Waals surface area contributed by atoms with E-state index in [9.17, 15) is 10.1 Å². The lowest BCUT2D eigenvalue weighted by molar-refractivity contribution is -0.135. The van der Waals surface area contributed by atoms with Crippen LogP contribution in [0.25, 0.3) is 0 Å². The van der Waals surface area contributed by atoms with Gasteiger partial charge in [0, 0.05) is 10.8 Å². The average molecular weight is 321 g/mol. The Kier molecular flexibility index (Phi) is 3.43. The van der Waals surface area contributed by atoms with E-state index in [4.69, 9.17) is 0 Å². The van der Waals surface area contributed by atoms with Crippen LogP contribution in [0.15, 0.2) is 18.2 Å². The van der Waals surface area contributed by atoms with Crippen molar-refractivity contribution in [3.63, 3.8) is 0 Å². The molecular formula is C22H27NO. The quantitative estimate of drug-likeness (QED) is 0.729. The fourth-order valence-corrected chi connectivity index (χ4v) is 6.27. The van der Waals surface area contributed by atoms with Crippen LogP contribution in [0, 0.1) is 34.0 Å². The van der Waals surface area contributed by atoms with E-state index in [0.717, 1.165) is 44.1 Å². The van der Waals surface area contributed by atoms with Crippen molar-refractivity contribution in [3.05, 3.63) is 34.9 Å². The minimum Gasteiger partial charge on any atom is -0.298 e. The van der Waals surface area contributed by atoms with Crippen molar-refractivity contribution < 1.29 is 4.79 Å². The molecule has 1 aromatic rings. The van der Waals surface area contributed by atoms with Crippen LogP contribution in [0.4, 0.5) is 0 Å². The Morgan fingerprint density at radius 2 is 2.08 bits per heavy atom. The molecule has 4 rings (SSSR count). The van der Waals surface area contributed by atoms with Gasteiger partial charge in [-0.2, -0.15) is 5.26 Å². The third kappa shape index (κ3) is 1.91. The summed E-state index contributed by atoms with van der Waals surface area (Å²) >= 11 is 0. The van der Waals surface area contributed by atoms with Gasteiger partial charge in [-0.15, -0.1) is 0 Å². The fourth-order valence-electron chi connectivity index (χ4n) is 6.27. The summed E-state index contributed by atoms with van der Waals surface area (Å²) in [6.45, 7) is 6.61. The summed E-state index contributed by atoms with van der Waals surface area (Å²) in [6.07, 6.45) is 6.29. The Labute approximate surface area is 145 Å². The zero-order valence-corrected chi connectivity index (χ0v) is 15.1. The Balaban J connectivity index is 1.75. The number of fused-ring (bicyclic) bond motifs is 5. The molecule has 24 heavy (non-hydrogen) atoms. The topological polar surface area (TPSA) is 40.9 Å². The SMILES string of the molecule is CC[C@]1(C)CC2C3CCc4c(C#N)cccc4C3CC[C@]2(C)C1=O. The molecule has 0 radical (unpaired) electrons. The lowest BCUT2D eigenvalue weighted by Gasteiger charge is -2.48. The summed E-state index contributed by atoms with van der Waals surface area (Å²) in [7, 11) is 0. The van der Waals surface area contributed by atoms with Crippen LogP contribution in [-0.2, 0) is 11.2 Å². The zero-order valence-electron chi connectivity index (χ0n) is 15.1. The van der Waals surface area contributed by atoms with Crippen LogP contribution >= 0.6 is 0 Å². The summed E-state index contributed by atoms with van der Waals surface area (Å²) in [5.41, 5.74) is 3.32. The van der Waals surface area contributed by atoms with Crippen molar-refractivity contribution in [2.24, 2.45) is 22.7 Å². The number of carbonyl (C=O) groups excluding carboxylic acids is 1. The van der Waals surface area contributed by atoms with Crippen molar-refractivity contribution >= 4 is 5.78 Å². The van der Waals surface area contributed by atoms with Gasteiger partial charge in [0.1, 0.15) is 5.78 Å². The van der Waals surface area contributed by atoms with E-state index < -0.39 is 0 Å². The average Bonchev–Trinajstić information content (AvgIpc) is 2.82. The molecule has 0 aromatic heterocycles. The first-order valence-corrected chi connectivity index (χ1v) is 9.51. The first-order valence-electron chi connectivity index (χ1n) is 9.51. The molecule has 0 spiro atoms. The van der Waals surface area contributed by atoms with Crippen molar-refractivity contribution in [1.82, 2.24) is 0 Å². The molecule has 5 atom stereocenters. The second-order valence-electron chi connectivity index (χ2n) is 8.80. The van der Waals surface area contributed by atoms with Crippen molar-refractivity contribution in [3.8, 4) is 6.07 Å². The zero-order chi connectivity index (χ0) is 17.1. The highest BCUT2D eigenvalue weighted by atomic mass is 16.1. The highest BCUT2D eigenvalue weighted by Gasteiger charge is 2.61. The number of ketones is 1. The maximum atomic E-state index is 13.2. The van der Waals surface area contributed by atoms with E-state index >= 15 is 0 Å². The van der Waals surface area contributed by atoms with Crippen molar-refractivity contribution in [1.29, 1.82) is 5.26 Å². The number of nitriles is 1. The molecule has 1 aromatic carbocycles. The van der Waals surface area contributed by atoms with E-state index in [1.807, 2.05) is 12.1 Å². The predicted octanol–water partition coefficient (Wildman–Crippen LogP) is 5.01. The maximum absolute atomic E-state index is 13.2. The monoisotopic (exact) mass is 321 g/mol. The van der Waals surface area contributed by atoms with Crippen LogP contribution < -0.4 is 0 Å². The highest BCUT2D eigenvalue weighted by Crippen LogP contribution is 2.64. The molecule has 3 aliphatic carbocycles. The van der Waals surface area contributed by atoms with Crippen LogP contribution in [0.1, 0.15) is 75.5 Å². The first-order chi connectivity index (χ1) is 11.4. The fraction of sp³-hybridized carbons (Fsp3) is 0.636. The minimum atomic E-state index is -0.122. The molecular weight excluding hydrogens is 294 g/mol. The number of Topliss-reactive ketones (excluding diaryl/α,β-unsaturated/α-hetero) is 1. The molecule has 0 saturated heterocycles. The number of rotatable bonds is 1. The molecule has 0 aliphatic heterocycles. The summed E-state index contributed by atoms with van der Waals surface area (Å²) in [4.78, 5) is 13.2. The molecule has 0 amide bonds. The maximum Gasteiger partial charge on any atom is 0.144 e. The number of benzene rings is 1. The molecule has 3 unspecified atom stereocenters. The van der Waals surface area contributed by atoms with E-state index in [1.165, 1.54) is 11.1 Å². The number of hydrogen-bond donors (Lipinski definition) is 0. The van der Waals surface area contributed by atoms with Gasteiger partial charge < -0.3 is 0 Å². The van der Waals surface area contributed by atoms with Gasteiger partial charge in [0.2, 0.25) is 0 Å². The van der Waals surface area contributed by atoms with Gasteiger partial charge in [-0.3, -0.25) is 4.79 Å². The smallest absolute Gasteiger partial charge is 0.144 e. The van der Waals surface area contributed by atoms with Crippen LogP contribution in [-0.4, -0.2) is 5.78 Å². The lowest BCUT2D eigenvalue weighted by atomic mass is 9.55. The summed E-state index contributed by atoms with van der Waals surface area (Å²) in [5, 5.41) is 9.42. The van der Waals surface area contributed by atoms with Gasteiger partial charge in [-0.05, 0) is 73.5 Å². The Hall–Kier alpha value is -1.62. The molecule has 0 N–H and O–H groups in total. The largest absolute Gasteiger partial charge is 0.298 e. The second kappa shape index (κ2) is 5.19. The third-order valence-electron chi connectivity index (χ3n) is 7.80. The van der Waals surface area contributed by atoms with Gasteiger partial charge in [-0.1, -0.05) is 32.9 Å². The van der Waals surface area contributed by atoms with Gasteiger partial charge in [0.25, 0.3) is 0 Å². The summed E-state index contributed by atoms with van der Waals surface area (Å²) in [5.74, 6) is 2.21. The minimum absolute atomic E-state index is 0.115. The highest BCUT2D eigenvalue weighted by molar-refractivity contribution is 5.92. The Bertz CT molecular complexity index is 745. The number of nitrogens with zero attached hydrogens (tertiary/aromatic N) is 1. The Morgan fingerprint density at radius 1 is 1.29 bits per heavy atom. The molecule has 2 saturated carbocycles. The van der Waals surface area contributed by atoms with Gasteiger partial charge in [0.15, 0.2) is 0 Å². The van der Waals surface area contributed by atoms with Gasteiger partial charge in [-0.25, -0.2) is 0 Å². The van der Waals surface area contributed by atoms with Crippen molar-refractivity contribution in [2.75, 3.05) is 0 Å². The van der Waals surface area contributed by atoms with Crippen molar-refractivity contribution in [2.45, 2.75) is 65.2 Å². The molecule has 2 nitrogen and oxygen atoms in total. The van der Waals surface area contributed by atoms with Crippen LogP contribution in [0.2, 0.25) is 0 Å². The summed E-state index contributed by atoms with van der Waals surface area (Å²) in [6, 6.07) is 8.62. The van der Waals surface area contributed by atoms with E-state index in [-0.39, 0.29) is 10.8 Å². The molecule has 0 bridgehead atoms. The summed E-state index contributed by atoms with van der Waals surface area (Å²) < 4.78 is 0. The Morgan fingerprint density at radius 3 is 2.79 bits per heavy atom. The van der Waals surface area contributed by atoms with E-state index in [2.05, 4.69) is 32.9 Å². The predicted molar refractivity (Wildman–Crippen MR) is 94.6 cm³/mol. The molecule has 2 fully saturated rings. The van der Waals surface area contributed by atoms with E-state index in [1.54, 1.807) is 0 Å². The third-order valence-corrected chi connectivity index (χ3v) is 7.80. The van der Waals surface area contributed by atoms with Crippen LogP contribution in [0.3, 0.4) is 0 Å². The van der Waals surface area contributed by atoms with Gasteiger partial charge in [0.05, 0.1) is 11.6 Å². The lowest BCUT2D eigenvalue weighted by Crippen LogP contribution is -2.43. The first kappa shape index (κ1) is 15.9. The number of carbonyl (C=O) groups is 1. The molecule has 0 heterocycles. The van der Waals surface area contributed by atoms with E-state index in [0.29, 0.717) is 23.5 Å². The molecule has 3 aliphatic rings. The molecule has 126 valence electrons. The molecule has 2 heteroatoms.